The van der Waals surface area contributed by atoms with E-state index in [0.29, 0.717) is 33.5 Å². The number of aromatic hydroxyl groups is 1. The highest BCUT2D eigenvalue weighted by Crippen LogP contribution is 2.44. The molecule has 0 bridgehead atoms. The van der Waals surface area contributed by atoms with Gasteiger partial charge in [0.25, 0.3) is 0 Å². The zero-order valence-corrected chi connectivity index (χ0v) is 32.6. The number of ketones is 1. The molecule has 1 unspecified atom stereocenters. The van der Waals surface area contributed by atoms with Gasteiger partial charge in [-0.1, -0.05) is 54.6 Å². The van der Waals surface area contributed by atoms with Gasteiger partial charge < -0.3 is 33.5 Å². The van der Waals surface area contributed by atoms with Crippen LogP contribution in [0.4, 0.5) is 14.9 Å². The van der Waals surface area contributed by atoms with Crippen molar-refractivity contribution in [1.82, 2.24) is 0 Å². The number of Topliss-reactive ketones (excluding diaryl/α,β-unsaturated/α-hetero) is 1. The lowest BCUT2D eigenvalue weighted by Crippen LogP contribution is -2.59. The highest BCUT2D eigenvalue weighted by atomic mass is 19.1. The molecular formula is C44H42FNO13. The largest absolute Gasteiger partial charge is 0.508 e. The van der Waals surface area contributed by atoms with E-state index in [1.165, 1.54) is 42.2 Å². The number of phenols is 1. The minimum Gasteiger partial charge on any atom is -0.508 e. The second-order valence-corrected chi connectivity index (χ2v) is 14.1. The summed E-state index contributed by atoms with van der Waals surface area (Å²) >= 11 is 0. The Morgan fingerprint density at radius 3 is 1.93 bits per heavy atom. The monoisotopic (exact) mass is 811 g/mol. The molecule has 2 aliphatic heterocycles. The summed E-state index contributed by atoms with van der Waals surface area (Å²) in [7, 11) is 0. The first-order valence-electron chi connectivity index (χ1n) is 18.8. The van der Waals surface area contributed by atoms with Gasteiger partial charge in [0.15, 0.2) is 24.1 Å². The van der Waals surface area contributed by atoms with Crippen molar-refractivity contribution in [3.05, 3.63) is 120 Å². The van der Waals surface area contributed by atoms with Crippen LogP contribution in [0, 0.1) is 5.82 Å². The molecule has 2 saturated heterocycles. The van der Waals surface area contributed by atoms with Crippen molar-refractivity contribution in [1.29, 1.82) is 0 Å². The fourth-order valence-electron chi connectivity index (χ4n) is 7.33. The topological polar surface area (TPSA) is 181 Å². The molecule has 2 heterocycles. The maximum atomic E-state index is 13.5. The van der Waals surface area contributed by atoms with Gasteiger partial charge in [-0.15, -0.1) is 0 Å². The number of para-hydroxylation sites is 1. The number of anilines is 1. The second-order valence-electron chi connectivity index (χ2n) is 14.1. The van der Waals surface area contributed by atoms with Gasteiger partial charge >= 0.3 is 30.0 Å². The number of phenolic OH excluding ortho intramolecular Hbond substituents is 1. The lowest BCUT2D eigenvalue weighted by molar-refractivity contribution is -0.254. The van der Waals surface area contributed by atoms with Crippen LogP contribution in [0.5, 0.6) is 5.75 Å². The number of carbonyl (C=O) groups excluding carboxylic acids is 6. The summed E-state index contributed by atoms with van der Waals surface area (Å²) in [5, 5.41) is 11.6. The van der Waals surface area contributed by atoms with Crippen molar-refractivity contribution in [3.63, 3.8) is 0 Å². The molecule has 6 rings (SSSR count). The van der Waals surface area contributed by atoms with Gasteiger partial charge in [0, 0.05) is 50.9 Å². The molecule has 1 N–H and O–H groups in total. The third-order valence-electron chi connectivity index (χ3n) is 9.85. The van der Waals surface area contributed by atoms with Crippen LogP contribution in [0.25, 0.3) is 11.1 Å². The Morgan fingerprint density at radius 1 is 0.712 bits per heavy atom. The Balaban J connectivity index is 1.29. The molecule has 59 heavy (non-hydrogen) atoms. The quantitative estimate of drug-likeness (QED) is 0.0854. The standard InChI is InChI=1S/C44H42FNO13/c1-24(47)54-23-38-41(55-25(2)48)43(57-27(4)50)42(56-26(3)49)40(58-38)30-12-10-28(11-13-30)31-16-19-34(36(52)22-31)39-37(21-20-35(51)29-14-17-32(45)18-15-29)59-44(53)46(39)33-8-6-5-7-9-33/h5-19,22,37-43,52H,20-21,23H2,1-4H3/t37-,38-,39-,40?,41-,42+,43+/m1/s1. The molecule has 0 saturated carbocycles. The van der Waals surface area contributed by atoms with Crippen molar-refractivity contribution < 1.29 is 66.7 Å². The van der Waals surface area contributed by atoms with E-state index in [1.807, 2.05) is 0 Å². The van der Waals surface area contributed by atoms with Crippen LogP contribution in [-0.4, -0.2) is 78.0 Å². The zero-order valence-electron chi connectivity index (χ0n) is 32.6. The predicted molar refractivity (Wildman–Crippen MR) is 206 cm³/mol. The number of amides is 1. The summed E-state index contributed by atoms with van der Waals surface area (Å²) < 4.78 is 47.4. The first-order chi connectivity index (χ1) is 28.2. The van der Waals surface area contributed by atoms with E-state index in [-0.39, 0.29) is 31.0 Å². The molecule has 14 nitrogen and oxygen atoms in total. The summed E-state index contributed by atoms with van der Waals surface area (Å²) in [5.74, 6) is -3.73. The number of nitrogens with zero attached hydrogens (tertiary/aromatic N) is 1. The number of rotatable bonds is 13. The van der Waals surface area contributed by atoms with Crippen LogP contribution in [0.2, 0.25) is 0 Å². The molecule has 7 atom stereocenters. The highest BCUT2D eigenvalue weighted by molar-refractivity contribution is 5.96. The molecule has 308 valence electrons. The third-order valence-corrected chi connectivity index (χ3v) is 9.85. The third kappa shape index (κ3) is 9.92. The van der Waals surface area contributed by atoms with Crippen LogP contribution in [0.1, 0.15) is 74.2 Å². The van der Waals surface area contributed by atoms with Crippen molar-refractivity contribution in [2.75, 3.05) is 11.5 Å². The van der Waals surface area contributed by atoms with E-state index in [2.05, 4.69) is 0 Å². The Labute approximate surface area is 338 Å². The molecule has 15 heteroatoms. The van der Waals surface area contributed by atoms with E-state index in [1.54, 1.807) is 66.7 Å². The molecule has 0 radical (unpaired) electrons. The molecule has 2 aliphatic rings. The Morgan fingerprint density at radius 2 is 1.32 bits per heavy atom. The van der Waals surface area contributed by atoms with Gasteiger partial charge in [-0.2, -0.15) is 0 Å². The maximum Gasteiger partial charge on any atom is 0.415 e. The fraction of sp³-hybridized carbons (Fsp3) is 0.318. The SMILES string of the molecule is CC(=O)OC[C@H]1OC(c2ccc(-c3ccc([C@@H]4[C@@H](CCC(=O)c5ccc(F)cc5)OC(=O)N4c4ccccc4)c(O)c3)cc2)[C@H](OC(C)=O)[C@@H](OC(C)=O)[C@@H]1OC(C)=O. The van der Waals surface area contributed by atoms with Gasteiger partial charge in [-0.25, -0.2) is 9.18 Å². The van der Waals surface area contributed by atoms with Gasteiger partial charge in [-0.3, -0.25) is 28.9 Å². The summed E-state index contributed by atoms with van der Waals surface area (Å²) in [6.45, 7) is 4.26. The smallest absolute Gasteiger partial charge is 0.415 e. The molecule has 0 aromatic heterocycles. The summed E-state index contributed by atoms with van der Waals surface area (Å²) in [6, 6.07) is 24.9. The van der Waals surface area contributed by atoms with E-state index >= 15 is 0 Å². The average molecular weight is 812 g/mol. The molecule has 1 amide bonds. The van der Waals surface area contributed by atoms with E-state index in [9.17, 15) is 38.3 Å². The molecule has 0 aliphatic carbocycles. The van der Waals surface area contributed by atoms with Crippen LogP contribution in [0.15, 0.2) is 97.1 Å². The van der Waals surface area contributed by atoms with Crippen LogP contribution >= 0.6 is 0 Å². The minimum absolute atomic E-state index is 0.00649. The van der Waals surface area contributed by atoms with Crippen molar-refractivity contribution in [3.8, 4) is 16.9 Å². The lowest BCUT2D eigenvalue weighted by atomic mass is 9.89. The van der Waals surface area contributed by atoms with Crippen molar-refractivity contribution in [2.24, 2.45) is 0 Å². The number of hydrogen-bond donors (Lipinski definition) is 1. The van der Waals surface area contributed by atoms with Crippen molar-refractivity contribution >= 4 is 41.4 Å². The Bertz CT molecular complexity index is 2190. The van der Waals surface area contributed by atoms with Crippen LogP contribution < -0.4 is 4.90 Å². The highest BCUT2D eigenvalue weighted by Gasteiger charge is 2.52. The van der Waals surface area contributed by atoms with Gasteiger partial charge in [-0.05, 0) is 65.6 Å². The Kier molecular flexibility index (Phi) is 13.0. The number of cyclic esters (lactones) is 1. The van der Waals surface area contributed by atoms with E-state index in [0.717, 1.165) is 20.8 Å². The molecule has 2 fully saturated rings. The normalized spacial score (nSPS) is 22.5. The number of esters is 4. The summed E-state index contributed by atoms with van der Waals surface area (Å²) in [6.07, 6.45) is -7.50. The molecular weight excluding hydrogens is 769 g/mol. The first-order valence-corrected chi connectivity index (χ1v) is 18.8. The first kappa shape index (κ1) is 42.0. The average Bonchev–Trinajstić information content (AvgIpc) is 3.52. The van der Waals surface area contributed by atoms with Crippen LogP contribution in [0.3, 0.4) is 0 Å². The number of carbonyl (C=O) groups is 6. The Hall–Kier alpha value is -6.61. The van der Waals surface area contributed by atoms with Gasteiger partial charge in [0.05, 0.1) is 0 Å². The van der Waals surface area contributed by atoms with Crippen molar-refractivity contribution in [2.45, 2.75) is 83.2 Å². The van der Waals surface area contributed by atoms with Gasteiger partial charge in [0.2, 0.25) is 0 Å². The lowest BCUT2D eigenvalue weighted by Gasteiger charge is -2.44. The number of ether oxygens (including phenoxy) is 6. The molecule has 4 aromatic rings. The van der Waals surface area contributed by atoms with E-state index in [4.69, 9.17) is 28.4 Å². The summed E-state index contributed by atoms with van der Waals surface area (Å²) in [5.41, 5.74) is 2.90. The second kappa shape index (κ2) is 18.3. The van der Waals surface area contributed by atoms with Gasteiger partial charge in [0.1, 0.15) is 42.5 Å². The van der Waals surface area contributed by atoms with Crippen LogP contribution in [-0.2, 0) is 47.6 Å². The zero-order chi connectivity index (χ0) is 42.4. The maximum absolute atomic E-state index is 13.5. The minimum atomic E-state index is -1.34. The summed E-state index contributed by atoms with van der Waals surface area (Å²) in [4.78, 5) is 76.3. The number of hydrogen-bond acceptors (Lipinski definition) is 13. The fourth-order valence-corrected chi connectivity index (χ4v) is 7.33. The molecule has 4 aromatic carbocycles. The number of benzene rings is 4. The molecule has 0 spiro atoms. The van der Waals surface area contributed by atoms with E-state index < -0.39 is 78.5 Å². The predicted octanol–water partition coefficient (Wildman–Crippen LogP) is 6.73. The number of halogens is 1.